The summed E-state index contributed by atoms with van der Waals surface area (Å²) < 4.78 is 1.69. The molecule has 0 spiro atoms. The van der Waals surface area contributed by atoms with Gasteiger partial charge in [0.2, 0.25) is 0 Å². The Morgan fingerprint density at radius 2 is 2.12 bits per heavy atom. The number of hydrogen-bond acceptors (Lipinski definition) is 4. The fourth-order valence-electron chi connectivity index (χ4n) is 2.18. The number of carbonyl (C=O) groups is 1. The average Bonchev–Trinajstić information content (AvgIpc) is 2.98. The minimum absolute atomic E-state index is 0.0694. The highest BCUT2D eigenvalue weighted by Crippen LogP contribution is 2.21. The highest BCUT2D eigenvalue weighted by atomic mass is 16.4. The van der Waals surface area contributed by atoms with E-state index in [-0.39, 0.29) is 5.69 Å². The summed E-state index contributed by atoms with van der Waals surface area (Å²) in [5.41, 5.74) is 0.645. The topological polar surface area (TPSA) is 70.7 Å². The molecule has 0 radical (unpaired) electrons. The Hall–Kier alpha value is -2.11. The lowest BCUT2D eigenvalue weighted by molar-refractivity contribution is 0.0690. The Kier molecular flexibility index (Phi) is 2.21. The van der Waals surface area contributed by atoms with E-state index < -0.39 is 5.97 Å². The zero-order chi connectivity index (χ0) is 11.8. The molecule has 17 heavy (non-hydrogen) atoms. The normalized spacial score (nSPS) is 15.6. The molecular weight excluding hydrogens is 220 g/mol. The predicted octanol–water partition coefficient (Wildman–Crippen LogP) is 1.03. The van der Waals surface area contributed by atoms with Crippen molar-refractivity contribution in [1.29, 1.82) is 0 Å². The molecular formula is C11H12N4O2. The highest BCUT2D eigenvalue weighted by Gasteiger charge is 2.19. The van der Waals surface area contributed by atoms with E-state index in [1.54, 1.807) is 22.8 Å². The van der Waals surface area contributed by atoms with E-state index in [2.05, 4.69) is 15.0 Å². The van der Waals surface area contributed by atoms with Gasteiger partial charge >= 0.3 is 5.97 Å². The number of carboxylic acid groups (broad SMARTS) is 1. The average molecular weight is 232 g/mol. The second-order valence-electron chi connectivity index (χ2n) is 4.10. The first-order valence-corrected chi connectivity index (χ1v) is 5.59. The van der Waals surface area contributed by atoms with Crippen LogP contribution in [0.3, 0.4) is 0 Å². The van der Waals surface area contributed by atoms with Crippen LogP contribution in [0.2, 0.25) is 0 Å². The number of fused-ring (bicyclic) bond motifs is 1. The molecule has 0 saturated carbocycles. The van der Waals surface area contributed by atoms with Crippen molar-refractivity contribution in [3.8, 4) is 0 Å². The second kappa shape index (κ2) is 3.73. The van der Waals surface area contributed by atoms with Crippen LogP contribution in [0, 0.1) is 0 Å². The molecule has 1 fully saturated rings. The Morgan fingerprint density at radius 1 is 1.35 bits per heavy atom. The summed E-state index contributed by atoms with van der Waals surface area (Å²) in [6, 6.07) is 3.31. The third kappa shape index (κ3) is 1.61. The first-order chi connectivity index (χ1) is 8.25. The Labute approximate surface area is 97.5 Å². The van der Waals surface area contributed by atoms with Crippen LogP contribution in [0.25, 0.3) is 5.65 Å². The minimum atomic E-state index is -1.01. The van der Waals surface area contributed by atoms with E-state index in [0.717, 1.165) is 31.7 Å². The molecule has 3 rings (SSSR count). The van der Waals surface area contributed by atoms with Crippen molar-refractivity contribution in [2.75, 3.05) is 18.0 Å². The van der Waals surface area contributed by atoms with Gasteiger partial charge in [-0.3, -0.25) is 0 Å². The van der Waals surface area contributed by atoms with E-state index in [4.69, 9.17) is 5.11 Å². The van der Waals surface area contributed by atoms with Crippen molar-refractivity contribution in [3.05, 3.63) is 24.0 Å². The highest BCUT2D eigenvalue weighted by molar-refractivity contribution is 5.87. The van der Waals surface area contributed by atoms with E-state index >= 15 is 0 Å². The Bertz CT molecular complexity index is 572. The lowest BCUT2D eigenvalue weighted by Crippen LogP contribution is -2.22. The number of rotatable bonds is 2. The van der Waals surface area contributed by atoms with E-state index in [0.29, 0.717) is 5.65 Å². The first kappa shape index (κ1) is 10.1. The number of carboxylic acids is 1. The number of aromatic nitrogens is 3. The van der Waals surface area contributed by atoms with E-state index in [9.17, 15) is 4.79 Å². The molecule has 6 nitrogen and oxygen atoms in total. The summed E-state index contributed by atoms with van der Waals surface area (Å²) in [6.45, 7) is 1.88. The van der Waals surface area contributed by atoms with Gasteiger partial charge in [0.05, 0.1) is 6.20 Å². The minimum Gasteiger partial charge on any atom is -0.477 e. The summed E-state index contributed by atoms with van der Waals surface area (Å²) in [4.78, 5) is 17.2. The maximum Gasteiger partial charge on any atom is 0.354 e. The molecule has 1 saturated heterocycles. The molecule has 0 aliphatic carbocycles. The lowest BCUT2D eigenvalue weighted by Gasteiger charge is -2.18. The van der Waals surface area contributed by atoms with Crippen LogP contribution in [-0.4, -0.2) is 38.8 Å². The molecule has 88 valence electrons. The van der Waals surface area contributed by atoms with Gasteiger partial charge in [-0.25, -0.2) is 9.78 Å². The van der Waals surface area contributed by atoms with Crippen molar-refractivity contribution >= 4 is 17.4 Å². The summed E-state index contributed by atoms with van der Waals surface area (Å²) in [6.07, 6.45) is 3.90. The summed E-state index contributed by atoms with van der Waals surface area (Å²) in [5, 5.41) is 13.2. The molecule has 0 aromatic carbocycles. The molecule has 1 aliphatic heterocycles. The first-order valence-electron chi connectivity index (χ1n) is 5.59. The molecule has 0 unspecified atom stereocenters. The largest absolute Gasteiger partial charge is 0.477 e. The fourth-order valence-corrected chi connectivity index (χ4v) is 2.18. The van der Waals surface area contributed by atoms with Crippen LogP contribution in [0.4, 0.5) is 5.82 Å². The number of aromatic carboxylic acids is 1. The summed E-state index contributed by atoms with van der Waals surface area (Å²) >= 11 is 0. The Morgan fingerprint density at radius 3 is 2.82 bits per heavy atom. The molecule has 3 heterocycles. The van der Waals surface area contributed by atoms with E-state index in [1.807, 2.05) is 0 Å². The maximum absolute atomic E-state index is 11.0. The molecule has 0 amide bonds. The quantitative estimate of drug-likeness (QED) is 0.837. The Balaban J connectivity index is 2.19. The third-order valence-corrected chi connectivity index (χ3v) is 2.99. The van der Waals surface area contributed by atoms with Crippen molar-refractivity contribution in [2.45, 2.75) is 12.8 Å². The number of nitrogens with zero attached hydrogens (tertiary/aromatic N) is 4. The molecule has 2 aromatic rings. The molecule has 1 aliphatic rings. The summed E-state index contributed by atoms with van der Waals surface area (Å²) in [5.74, 6) is -0.191. The van der Waals surface area contributed by atoms with Gasteiger partial charge in [0.15, 0.2) is 11.3 Å². The number of anilines is 1. The maximum atomic E-state index is 11.0. The van der Waals surface area contributed by atoms with Gasteiger partial charge in [0.1, 0.15) is 5.82 Å². The predicted molar refractivity (Wildman–Crippen MR) is 61.4 cm³/mol. The van der Waals surface area contributed by atoms with Crippen LogP contribution in [0.1, 0.15) is 23.3 Å². The summed E-state index contributed by atoms with van der Waals surface area (Å²) in [7, 11) is 0. The van der Waals surface area contributed by atoms with Gasteiger partial charge < -0.3 is 10.0 Å². The number of hydrogen-bond donors (Lipinski definition) is 1. The van der Waals surface area contributed by atoms with Gasteiger partial charge in [-0.1, -0.05) is 0 Å². The molecule has 0 bridgehead atoms. The van der Waals surface area contributed by atoms with Crippen molar-refractivity contribution in [1.82, 2.24) is 14.6 Å². The lowest BCUT2D eigenvalue weighted by atomic mass is 10.3. The third-order valence-electron chi connectivity index (χ3n) is 2.99. The van der Waals surface area contributed by atoms with Crippen LogP contribution >= 0.6 is 0 Å². The van der Waals surface area contributed by atoms with Crippen molar-refractivity contribution in [2.24, 2.45) is 0 Å². The zero-order valence-electron chi connectivity index (χ0n) is 9.20. The van der Waals surface area contributed by atoms with Gasteiger partial charge in [-0.15, -0.1) is 0 Å². The van der Waals surface area contributed by atoms with Gasteiger partial charge in [-0.05, 0) is 12.8 Å². The van der Waals surface area contributed by atoms with Gasteiger partial charge in [-0.2, -0.15) is 9.61 Å². The van der Waals surface area contributed by atoms with Crippen LogP contribution in [-0.2, 0) is 0 Å². The fraction of sp³-hybridized carbons (Fsp3) is 0.364. The monoisotopic (exact) mass is 232 g/mol. The molecule has 2 aromatic heterocycles. The smallest absolute Gasteiger partial charge is 0.354 e. The zero-order valence-corrected chi connectivity index (χ0v) is 9.20. The van der Waals surface area contributed by atoms with Crippen LogP contribution < -0.4 is 4.90 Å². The SMILES string of the molecule is O=C(O)c1cc(N2CCCC2)n2nccc2n1. The van der Waals surface area contributed by atoms with E-state index in [1.165, 1.54) is 0 Å². The van der Waals surface area contributed by atoms with Crippen molar-refractivity contribution < 1.29 is 9.90 Å². The van der Waals surface area contributed by atoms with Crippen LogP contribution in [0.5, 0.6) is 0 Å². The van der Waals surface area contributed by atoms with Crippen molar-refractivity contribution in [3.63, 3.8) is 0 Å². The van der Waals surface area contributed by atoms with Crippen LogP contribution in [0.15, 0.2) is 18.3 Å². The molecule has 0 atom stereocenters. The van der Waals surface area contributed by atoms with Gasteiger partial charge in [0, 0.05) is 25.2 Å². The molecule has 1 N–H and O–H groups in total. The molecule has 6 heteroatoms. The second-order valence-corrected chi connectivity index (χ2v) is 4.10. The standard InChI is InChI=1S/C11H12N4O2/c16-11(17)8-7-10(14-5-1-2-6-14)15-9(13-8)3-4-12-15/h3-4,7H,1-2,5-6H2,(H,16,17). The van der Waals surface area contributed by atoms with Gasteiger partial charge in [0.25, 0.3) is 0 Å².